The number of nitrogens with one attached hydrogen (secondary N) is 1. The lowest BCUT2D eigenvalue weighted by Gasteiger charge is -2.52. The number of hydrogen-bond donors (Lipinski definition) is 1. The molecule has 110 valence electrons. The van der Waals surface area contributed by atoms with Crippen LogP contribution < -0.4 is 10.1 Å². The normalized spacial score (nSPS) is 24.1. The second kappa shape index (κ2) is 6.07. The van der Waals surface area contributed by atoms with E-state index in [0.717, 1.165) is 18.8 Å². The molecule has 1 aromatic rings. The molecule has 0 bridgehead atoms. The van der Waals surface area contributed by atoms with Crippen LogP contribution in [-0.2, 0) is 0 Å². The van der Waals surface area contributed by atoms with Crippen LogP contribution >= 0.6 is 0 Å². The van der Waals surface area contributed by atoms with Gasteiger partial charge in [0.05, 0.1) is 6.61 Å². The first-order valence-electron chi connectivity index (χ1n) is 8.32. The van der Waals surface area contributed by atoms with Crippen molar-refractivity contribution < 1.29 is 4.74 Å². The Labute approximate surface area is 122 Å². The summed E-state index contributed by atoms with van der Waals surface area (Å²) in [6.45, 7) is 2.94. The highest BCUT2D eigenvalue weighted by atomic mass is 16.5. The highest BCUT2D eigenvalue weighted by Gasteiger charge is 2.46. The van der Waals surface area contributed by atoms with E-state index in [0.29, 0.717) is 11.5 Å². The zero-order valence-corrected chi connectivity index (χ0v) is 12.7. The summed E-state index contributed by atoms with van der Waals surface area (Å²) < 4.78 is 5.64. The van der Waals surface area contributed by atoms with Gasteiger partial charge in [-0.05, 0) is 61.8 Å². The molecule has 0 radical (unpaired) electrons. The van der Waals surface area contributed by atoms with Crippen LogP contribution in [-0.4, -0.2) is 12.6 Å². The van der Waals surface area contributed by atoms with E-state index in [-0.39, 0.29) is 0 Å². The molecule has 2 aliphatic rings. The number of hydrogen-bond acceptors (Lipinski definition) is 2. The molecular formula is C18H27NO. The molecule has 0 aromatic heterocycles. The highest BCUT2D eigenvalue weighted by molar-refractivity contribution is 5.48. The third-order valence-corrected chi connectivity index (χ3v) is 5.19. The van der Waals surface area contributed by atoms with Crippen molar-refractivity contribution in [3.05, 3.63) is 24.3 Å². The van der Waals surface area contributed by atoms with Gasteiger partial charge in [-0.15, -0.1) is 0 Å². The minimum Gasteiger partial charge on any atom is -0.494 e. The number of anilines is 1. The zero-order chi connectivity index (χ0) is 13.8. The fourth-order valence-corrected chi connectivity index (χ4v) is 3.85. The van der Waals surface area contributed by atoms with Crippen LogP contribution in [0.2, 0.25) is 0 Å². The Bertz CT molecular complexity index is 420. The molecule has 0 aliphatic heterocycles. The third-order valence-electron chi connectivity index (χ3n) is 5.19. The van der Waals surface area contributed by atoms with E-state index < -0.39 is 0 Å². The maximum absolute atomic E-state index is 5.64. The van der Waals surface area contributed by atoms with Gasteiger partial charge in [0, 0.05) is 11.7 Å². The first-order chi connectivity index (χ1) is 9.82. The van der Waals surface area contributed by atoms with Gasteiger partial charge in [-0.25, -0.2) is 0 Å². The highest BCUT2D eigenvalue weighted by Crippen LogP contribution is 2.52. The monoisotopic (exact) mass is 273 g/mol. The van der Waals surface area contributed by atoms with Gasteiger partial charge in [-0.2, -0.15) is 0 Å². The maximum atomic E-state index is 5.64. The van der Waals surface area contributed by atoms with Crippen LogP contribution in [0.15, 0.2) is 24.3 Å². The smallest absolute Gasteiger partial charge is 0.119 e. The molecule has 1 N–H and O–H groups in total. The Hall–Kier alpha value is -1.18. The molecular weight excluding hydrogens is 246 g/mol. The molecule has 1 spiro atoms. The van der Waals surface area contributed by atoms with Crippen LogP contribution in [0.4, 0.5) is 5.69 Å². The van der Waals surface area contributed by atoms with Gasteiger partial charge in [0.2, 0.25) is 0 Å². The van der Waals surface area contributed by atoms with E-state index in [1.807, 2.05) is 0 Å². The van der Waals surface area contributed by atoms with Crippen LogP contribution in [0.1, 0.15) is 58.3 Å². The molecule has 2 aliphatic carbocycles. The molecule has 0 amide bonds. The van der Waals surface area contributed by atoms with Crippen molar-refractivity contribution in [2.24, 2.45) is 5.41 Å². The molecule has 2 fully saturated rings. The maximum Gasteiger partial charge on any atom is 0.119 e. The lowest BCUT2D eigenvalue weighted by atomic mass is 9.57. The van der Waals surface area contributed by atoms with Gasteiger partial charge in [0.25, 0.3) is 0 Å². The number of rotatable bonds is 5. The second-order valence-corrected chi connectivity index (χ2v) is 6.53. The lowest BCUT2D eigenvalue weighted by molar-refractivity contribution is 0.0571. The molecule has 1 atom stereocenters. The Kier molecular flexibility index (Phi) is 4.18. The van der Waals surface area contributed by atoms with Crippen molar-refractivity contribution in [3.63, 3.8) is 0 Å². The van der Waals surface area contributed by atoms with Gasteiger partial charge in [-0.1, -0.05) is 26.2 Å². The first-order valence-corrected chi connectivity index (χ1v) is 8.32. The topological polar surface area (TPSA) is 21.3 Å². The van der Waals surface area contributed by atoms with E-state index >= 15 is 0 Å². The first kappa shape index (κ1) is 13.8. The summed E-state index contributed by atoms with van der Waals surface area (Å²) in [5, 5.41) is 3.77. The molecule has 1 aromatic carbocycles. The van der Waals surface area contributed by atoms with Crippen molar-refractivity contribution in [2.45, 2.75) is 64.3 Å². The van der Waals surface area contributed by atoms with Crippen LogP contribution in [0, 0.1) is 5.41 Å². The molecule has 0 heterocycles. The molecule has 1 unspecified atom stereocenters. The summed E-state index contributed by atoms with van der Waals surface area (Å²) in [4.78, 5) is 0. The van der Waals surface area contributed by atoms with Crippen molar-refractivity contribution in [1.29, 1.82) is 0 Å². The van der Waals surface area contributed by atoms with Gasteiger partial charge < -0.3 is 10.1 Å². The second-order valence-electron chi connectivity index (χ2n) is 6.53. The van der Waals surface area contributed by atoms with Gasteiger partial charge in [-0.3, -0.25) is 0 Å². The summed E-state index contributed by atoms with van der Waals surface area (Å²) >= 11 is 0. The zero-order valence-electron chi connectivity index (χ0n) is 12.7. The summed E-state index contributed by atoms with van der Waals surface area (Å²) in [6, 6.07) is 9.21. The van der Waals surface area contributed by atoms with Gasteiger partial charge in [0.1, 0.15) is 5.75 Å². The van der Waals surface area contributed by atoms with E-state index in [1.165, 1.54) is 50.6 Å². The lowest BCUT2D eigenvalue weighted by Crippen LogP contribution is -2.50. The minimum atomic E-state index is 0.621. The Morgan fingerprint density at radius 3 is 2.45 bits per heavy atom. The van der Waals surface area contributed by atoms with E-state index in [4.69, 9.17) is 4.74 Å². The quantitative estimate of drug-likeness (QED) is 0.815. The molecule has 2 heteroatoms. The van der Waals surface area contributed by atoms with Crippen LogP contribution in [0.5, 0.6) is 5.75 Å². The SMILES string of the molecule is CCCOc1ccc(NC2CCC23CCCCC3)cc1. The van der Waals surface area contributed by atoms with E-state index in [9.17, 15) is 0 Å². The van der Waals surface area contributed by atoms with Crippen molar-refractivity contribution in [2.75, 3.05) is 11.9 Å². The van der Waals surface area contributed by atoms with E-state index in [2.05, 4.69) is 36.5 Å². The Morgan fingerprint density at radius 1 is 1.10 bits per heavy atom. The molecule has 2 nitrogen and oxygen atoms in total. The van der Waals surface area contributed by atoms with Crippen LogP contribution in [0.25, 0.3) is 0 Å². The summed E-state index contributed by atoms with van der Waals surface area (Å²) in [5.41, 5.74) is 1.87. The predicted molar refractivity (Wildman–Crippen MR) is 84.4 cm³/mol. The summed E-state index contributed by atoms with van der Waals surface area (Å²) in [5.74, 6) is 0.985. The molecule has 0 saturated heterocycles. The molecule has 20 heavy (non-hydrogen) atoms. The minimum absolute atomic E-state index is 0.621. The largest absolute Gasteiger partial charge is 0.494 e. The Morgan fingerprint density at radius 2 is 1.85 bits per heavy atom. The van der Waals surface area contributed by atoms with Crippen molar-refractivity contribution in [1.82, 2.24) is 0 Å². The fraction of sp³-hybridized carbons (Fsp3) is 0.667. The van der Waals surface area contributed by atoms with Crippen molar-refractivity contribution >= 4 is 5.69 Å². The van der Waals surface area contributed by atoms with E-state index in [1.54, 1.807) is 0 Å². The molecule has 3 rings (SSSR count). The average Bonchev–Trinajstić information content (AvgIpc) is 2.51. The van der Waals surface area contributed by atoms with Gasteiger partial charge in [0.15, 0.2) is 0 Å². The third kappa shape index (κ3) is 2.79. The van der Waals surface area contributed by atoms with Gasteiger partial charge >= 0.3 is 0 Å². The van der Waals surface area contributed by atoms with Crippen molar-refractivity contribution in [3.8, 4) is 5.75 Å². The van der Waals surface area contributed by atoms with Crippen LogP contribution in [0.3, 0.4) is 0 Å². The number of ether oxygens (including phenoxy) is 1. The molecule has 2 saturated carbocycles. The fourth-order valence-electron chi connectivity index (χ4n) is 3.85. The average molecular weight is 273 g/mol. The standard InChI is InChI=1S/C18H27NO/c1-2-14-20-16-8-6-15(7-9-16)19-17-10-13-18(17)11-4-3-5-12-18/h6-9,17,19H,2-5,10-14H2,1H3. The summed E-state index contributed by atoms with van der Waals surface area (Å²) in [7, 11) is 0. The predicted octanol–water partition coefficient (Wildman–Crippen LogP) is 5.00. The summed E-state index contributed by atoms with van der Waals surface area (Å²) in [6.07, 6.45) is 11.0. The Balaban J connectivity index is 1.57. The number of benzene rings is 1.